The molecule has 2 atom stereocenters. The second kappa shape index (κ2) is 9.25. The Bertz CT molecular complexity index is 509. The van der Waals surface area contributed by atoms with Crippen molar-refractivity contribution >= 4 is 0 Å². The zero-order chi connectivity index (χ0) is 17.5. The molecule has 1 saturated heterocycles. The van der Waals surface area contributed by atoms with Crippen LogP contribution in [0.25, 0.3) is 0 Å². The number of ether oxygens (including phenoxy) is 2. The van der Waals surface area contributed by atoms with Gasteiger partial charge >= 0.3 is 0 Å². The fraction of sp³-hybridized carbons (Fsp3) is 0.684. The van der Waals surface area contributed by atoms with Crippen molar-refractivity contribution in [2.45, 2.75) is 39.8 Å². The van der Waals surface area contributed by atoms with Gasteiger partial charge in [-0.25, -0.2) is 0 Å². The highest BCUT2D eigenvalue weighted by molar-refractivity contribution is 5.43. The average Bonchev–Trinajstić information content (AvgIpc) is 2.58. The maximum atomic E-state index is 6.17. The van der Waals surface area contributed by atoms with E-state index in [0.29, 0.717) is 25.8 Å². The number of nitrogens with two attached hydrogens (primary N) is 1. The lowest BCUT2D eigenvalue weighted by Crippen LogP contribution is -2.53. The summed E-state index contributed by atoms with van der Waals surface area (Å²) in [5.41, 5.74) is 7.33. The summed E-state index contributed by atoms with van der Waals surface area (Å²) in [6.45, 7) is 14.7. The fourth-order valence-corrected chi connectivity index (χ4v) is 3.58. The van der Waals surface area contributed by atoms with Gasteiger partial charge in [0, 0.05) is 43.9 Å². The van der Waals surface area contributed by atoms with E-state index in [-0.39, 0.29) is 6.04 Å². The summed E-state index contributed by atoms with van der Waals surface area (Å²) in [7, 11) is 0. The van der Waals surface area contributed by atoms with Crippen LogP contribution in [0.2, 0.25) is 0 Å². The third-order valence-corrected chi connectivity index (χ3v) is 4.82. The van der Waals surface area contributed by atoms with Gasteiger partial charge in [-0.15, -0.1) is 0 Å². The summed E-state index contributed by atoms with van der Waals surface area (Å²) >= 11 is 0. The van der Waals surface area contributed by atoms with E-state index < -0.39 is 0 Å². The number of benzene rings is 1. The van der Waals surface area contributed by atoms with Gasteiger partial charge in [-0.2, -0.15) is 0 Å². The molecule has 0 saturated carbocycles. The zero-order valence-corrected chi connectivity index (χ0v) is 15.6. The van der Waals surface area contributed by atoms with Crippen molar-refractivity contribution in [1.29, 1.82) is 0 Å². The molecule has 0 radical (unpaired) electrons. The molecule has 0 spiro atoms. The third-order valence-electron chi connectivity index (χ3n) is 4.82. The van der Waals surface area contributed by atoms with E-state index in [0.717, 1.165) is 37.7 Å². The van der Waals surface area contributed by atoms with E-state index in [1.807, 2.05) is 26.0 Å². The van der Waals surface area contributed by atoms with E-state index >= 15 is 0 Å². The molecule has 136 valence electrons. The van der Waals surface area contributed by atoms with E-state index in [2.05, 4.69) is 29.7 Å². The fourth-order valence-electron chi connectivity index (χ4n) is 3.58. The van der Waals surface area contributed by atoms with Crippen LogP contribution in [0.15, 0.2) is 18.2 Å². The van der Waals surface area contributed by atoms with Crippen LogP contribution in [0.4, 0.5) is 0 Å². The summed E-state index contributed by atoms with van der Waals surface area (Å²) in [5.74, 6) is 1.74. The predicted molar refractivity (Wildman–Crippen MR) is 98.9 cm³/mol. The van der Waals surface area contributed by atoms with Crippen LogP contribution < -0.4 is 15.2 Å². The van der Waals surface area contributed by atoms with Gasteiger partial charge in [0.15, 0.2) is 0 Å². The molecule has 2 unspecified atom stereocenters. The van der Waals surface area contributed by atoms with Crippen molar-refractivity contribution in [2.24, 2.45) is 5.73 Å². The maximum Gasteiger partial charge on any atom is 0.127 e. The number of rotatable bonds is 8. The van der Waals surface area contributed by atoms with Crippen LogP contribution in [0.5, 0.6) is 11.5 Å². The normalized spacial score (nSPS) is 20.8. The molecule has 1 fully saturated rings. The number of piperazine rings is 1. The van der Waals surface area contributed by atoms with Crippen molar-refractivity contribution in [1.82, 2.24) is 9.80 Å². The molecule has 5 heteroatoms. The largest absolute Gasteiger partial charge is 0.494 e. The summed E-state index contributed by atoms with van der Waals surface area (Å²) in [6.07, 6.45) is 0. The van der Waals surface area contributed by atoms with Crippen LogP contribution in [-0.2, 0) is 0 Å². The first kappa shape index (κ1) is 19.0. The van der Waals surface area contributed by atoms with Crippen LogP contribution in [0.3, 0.4) is 0 Å². The Kier molecular flexibility index (Phi) is 7.34. The number of hydrogen-bond acceptors (Lipinski definition) is 5. The minimum atomic E-state index is 0.184. The van der Waals surface area contributed by atoms with Crippen molar-refractivity contribution in [3.8, 4) is 11.5 Å². The molecular weight excluding hydrogens is 302 g/mol. The quantitative estimate of drug-likeness (QED) is 0.791. The maximum absolute atomic E-state index is 6.17. The molecule has 0 aliphatic carbocycles. The first-order valence-electron chi connectivity index (χ1n) is 9.22. The van der Waals surface area contributed by atoms with Crippen LogP contribution in [0, 0.1) is 0 Å². The molecule has 0 aromatic heterocycles. The first-order valence-corrected chi connectivity index (χ1v) is 9.22. The standard InChI is InChI=1S/C19H33N3O2/c1-5-21-10-11-22(14-15(21)4)18(13-20)17-9-8-16(23-6-2)12-19(17)24-7-3/h8-9,12,15,18H,5-7,10-11,13-14,20H2,1-4H3. The molecule has 0 bridgehead atoms. The molecule has 2 rings (SSSR count). The van der Waals surface area contributed by atoms with Crippen LogP contribution in [0.1, 0.15) is 39.3 Å². The Hall–Kier alpha value is -1.30. The monoisotopic (exact) mass is 335 g/mol. The van der Waals surface area contributed by atoms with Gasteiger partial charge < -0.3 is 15.2 Å². The van der Waals surface area contributed by atoms with Crippen LogP contribution in [-0.4, -0.2) is 61.8 Å². The molecule has 1 aliphatic rings. The molecule has 1 heterocycles. The van der Waals surface area contributed by atoms with Gasteiger partial charge in [-0.3, -0.25) is 9.80 Å². The van der Waals surface area contributed by atoms with E-state index in [9.17, 15) is 0 Å². The van der Waals surface area contributed by atoms with Crippen molar-refractivity contribution in [2.75, 3.05) is 45.9 Å². The minimum Gasteiger partial charge on any atom is -0.494 e. The van der Waals surface area contributed by atoms with Gasteiger partial charge in [0.2, 0.25) is 0 Å². The highest BCUT2D eigenvalue weighted by Crippen LogP contribution is 2.33. The molecule has 5 nitrogen and oxygen atoms in total. The average molecular weight is 335 g/mol. The number of nitrogens with zero attached hydrogens (tertiary/aromatic N) is 2. The lowest BCUT2D eigenvalue weighted by atomic mass is 10.0. The van der Waals surface area contributed by atoms with E-state index in [4.69, 9.17) is 15.2 Å². The molecule has 0 amide bonds. The molecule has 24 heavy (non-hydrogen) atoms. The highest BCUT2D eigenvalue weighted by atomic mass is 16.5. The molecule has 1 aromatic rings. The first-order chi connectivity index (χ1) is 11.6. The lowest BCUT2D eigenvalue weighted by molar-refractivity contribution is 0.0597. The molecule has 1 aromatic carbocycles. The smallest absolute Gasteiger partial charge is 0.127 e. The number of hydrogen-bond donors (Lipinski definition) is 1. The minimum absolute atomic E-state index is 0.184. The summed E-state index contributed by atoms with van der Waals surface area (Å²) in [6, 6.07) is 6.87. The third kappa shape index (κ3) is 4.41. The Balaban J connectivity index is 2.23. The molecule has 2 N–H and O–H groups in total. The summed E-state index contributed by atoms with van der Waals surface area (Å²) in [4.78, 5) is 5.01. The Morgan fingerprint density at radius 3 is 2.50 bits per heavy atom. The second-order valence-corrected chi connectivity index (χ2v) is 6.29. The van der Waals surface area contributed by atoms with Crippen molar-refractivity contribution in [3.05, 3.63) is 23.8 Å². The highest BCUT2D eigenvalue weighted by Gasteiger charge is 2.29. The van der Waals surface area contributed by atoms with Gasteiger partial charge in [0.05, 0.1) is 19.3 Å². The zero-order valence-electron chi connectivity index (χ0n) is 15.6. The molecule has 1 aliphatic heterocycles. The number of likely N-dealkylation sites (N-methyl/N-ethyl adjacent to an activating group) is 1. The van der Waals surface area contributed by atoms with Gasteiger partial charge in [-0.05, 0) is 33.4 Å². The second-order valence-electron chi connectivity index (χ2n) is 6.29. The van der Waals surface area contributed by atoms with Gasteiger partial charge in [0.25, 0.3) is 0 Å². The Morgan fingerprint density at radius 2 is 1.92 bits per heavy atom. The van der Waals surface area contributed by atoms with Crippen molar-refractivity contribution < 1.29 is 9.47 Å². The Morgan fingerprint density at radius 1 is 1.17 bits per heavy atom. The van der Waals surface area contributed by atoms with Gasteiger partial charge in [0.1, 0.15) is 11.5 Å². The van der Waals surface area contributed by atoms with E-state index in [1.54, 1.807) is 0 Å². The van der Waals surface area contributed by atoms with Gasteiger partial charge in [-0.1, -0.05) is 13.0 Å². The van der Waals surface area contributed by atoms with Crippen molar-refractivity contribution in [3.63, 3.8) is 0 Å². The summed E-state index contributed by atoms with van der Waals surface area (Å²) in [5, 5.41) is 0. The predicted octanol–water partition coefficient (Wildman–Crippen LogP) is 2.51. The topological polar surface area (TPSA) is 51.0 Å². The van der Waals surface area contributed by atoms with E-state index in [1.165, 1.54) is 5.56 Å². The lowest BCUT2D eigenvalue weighted by Gasteiger charge is -2.43. The SMILES string of the molecule is CCOc1ccc(C(CN)N2CCN(CC)C(C)C2)c(OCC)c1. The summed E-state index contributed by atoms with van der Waals surface area (Å²) < 4.78 is 11.5. The van der Waals surface area contributed by atoms with Crippen LogP contribution >= 0.6 is 0 Å². The Labute approximate surface area is 146 Å². The molecular formula is C19H33N3O2.